The summed E-state index contributed by atoms with van der Waals surface area (Å²) in [6.45, 7) is 6.37. The summed E-state index contributed by atoms with van der Waals surface area (Å²) < 4.78 is 0. The fraction of sp³-hybridized carbons (Fsp3) is 0.583. The van der Waals surface area contributed by atoms with Crippen molar-refractivity contribution >= 4 is 11.5 Å². The molecule has 1 heterocycles. The number of anilines is 1. The first-order valence-corrected chi connectivity index (χ1v) is 5.95. The van der Waals surface area contributed by atoms with Crippen molar-refractivity contribution in [2.24, 2.45) is 5.92 Å². The third-order valence-electron chi connectivity index (χ3n) is 3.09. The first-order chi connectivity index (χ1) is 8.08. The van der Waals surface area contributed by atoms with Crippen LogP contribution in [0.3, 0.4) is 0 Å². The van der Waals surface area contributed by atoms with E-state index in [4.69, 9.17) is 0 Å². The topological polar surface area (TPSA) is 68.1 Å². The Labute approximate surface area is 101 Å². The summed E-state index contributed by atoms with van der Waals surface area (Å²) in [7, 11) is 0. The van der Waals surface area contributed by atoms with Crippen LogP contribution in [0.1, 0.15) is 33.6 Å². The van der Waals surface area contributed by atoms with Crippen molar-refractivity contribution in [3.63, 3.8) is 0 Å². The van der Waals surface area contributed by atoms with Gasteiger partial charge in [0.2, 0.25) is 0 Å². The van der Waals surface area contributed by atoms with Crippen LogP contribution in [-0.2, 0) is 0 Å². The Morgan fingerprint density at radius 2 is 2.12 bits per heavy atom. The van der Waals surface area contributed by atoms with E-state index in [-0.39, 0.29) is 11.7 Å². The fourth-order valence-electron chi connectivity index (χ4n) is 1.96. The maximum Gasteiger partial charge on any atom is 0.274 e. The minimum atomic E-state index is -0.408. The molecule has 0 aliphatic carbocycles. The van der Waals surface area contributed by atoms with Gasteiger partial charge in [-0.1, -0.05) is 26.7 Å². The highest BCUT2D eigenvalue weighted by Crippen LogP contribution is 2.19. The second-order valence-corrected chi connectivity index (χ2v) is 4.17. The summed E-state index contributed by atoms with van der Waals surface area (Å²) in [5, 5.41) is 13.9. The molecule has 0 radical (unpaired) electrons. The predicted octanol–water partition coefficient (Wildman–Crippen LogP) is 3.23. The molecule has 0 saturated heterocycles. The number of pyridine rings is 1. The molecule has 0 bridgehead atoms. The molecule has 0 aromatic carbocycles. The Morgan fingerprint density at radius 3 is 2.65 bits per heavy atom. The maximum atomic E-state index is 10.6. The fourth-order valence-corrected chi connectivity index (χ4v) is 1.96. The van der Waals surface area contributed by atoms with Gasteiger partial charge in [0.15, 0.2) is 0 Å². The lowest BCUT2D eigenvalue weighted by Crippen LogP contribution is -2.25. The summed E-state index contributed by atoms with van der Waals surface area (Å²) in [5.41, 5.74) is 0.0687. The van der Waals surface area contributed by atoms with Gasteiger partial charge in [-0.2, -0.15) is 0 Å². The van der Waals surface area contributed by atoms with E-state index in [1.54, 1.807) is 0 Å². The number of nitro groups is 1. The molecule has 0 aliphatic rings. The molecule has 17 heavy (non-hydrogen) atoms. The molecule has 0 aliphatic heterocycles. The van der Waals surface area contributed by atoms with Gasteiger partial charge in [-0.3, -0.25) is 10.1 Å². The molecule has 0 amide bonds. The van der Waals surface area contributed by atoms with Crippen molar-refractivity contribution in [3.8, 4) is 0 Å². The van der Waals surface area contributed by atoms with Gasteiger partial charge in [0.25, 0.3) is 5.69 Å². The summed E-state index contributed by atoms with van der Waals surface area (Å²) in [5.74, 6) is 1.12. The van der Waals surface area contributed by atoms with E-state index in [1.165, 1.54) is 18.3 Å². The van der Waals surface area contributed by atoms with Gasteiger partial charge in [0, 0.05) is 18.3 Å². The average molecular weight is 237 g/mol. The van der Waals surface area contributed by atoms with Crippen LogP contribution in [0.5, 0.6) is 0 Å². The largest absolute Gasteiger partial charge is 0.367 e. The molecule has 5 heteroatoms. The molecule has 5 nitrogen and oxygen atoms in total. The Hall–Kier alpha value is -1.65. The molecular formula is C12H19N3O2. The van der Waals surface area contributed by atoms with E-state index in [0.29, 0.717) is 11.7 Å². The molecule has 1 aromatic rings. The van der Waals surface area contributed by atoms with E-state index in [0.717, 1.165) is 12.8 Å². The first-order valence-electron chi connectivity index (χ1n) is 5.95. The summed E-state index contributed by atoms with van der Waals surface area (Å²) >= 11 is 0. The Balaban J connectivity index is 2.74. The third-order valence-corrected chi connectivity index (χ3v) is 3.09. The zero-order valence-corrected chi connectivity index (χ0v) is 10.5. The highest BCUT2D eigenvalue weighted by molar-refractivity contribution is 5.44. The molecule has 0 fully saturated rings. The number of nitrogens with one attached hydrogen (secondary N) is 1. The van der Waals surface area contributed by atoms with Crippen molar-refractivity contribution < 1.29 is 4.92 Å². The van der Waals surface area contributed by atoms with Gasteiger partial charge in [-0.15, -0.1) is 0 Å². The molecular weight excluding hydrogens is 218 g/mol. The minimum absolute atomic E-state index is 0.0687. The van der Waals surface area contributed by atoms with E-state index < -0.39 is 4.92 Å². The summed E-state index contributed by atoms with van der Waals surface area (Å²) in [6, 6.07) is 3.13. The van der Waals surface area contributed by atoms with E-state index >= 15 is 0 Å². The van der Waals surface area contributed by atoms with Crippen LogP contribution in [0.2, 0.25) is 0 Å². The molecule has 0 saturated carbocycles. The number of hydrogen-bond acceptors (Lipinski definition) is 4. The number of aromatic nitrogens is 1. The lowest BCUT2D eigenvalue weighted by Gasteiger charge is -2.22. The highest BCUT2D eigenvalue weighted by atomic mass is 16.6. The zero-order valence-electron chi connectivity index (χ0n) is 10.5. The molecule has 1 rings (SSSR count). The van der Waals surface area contributed by atoms with Crippen LogP contribution in [-0.4, -0.2) is 15.9 Å². The van der Waals surface area contributed by atoms with E-state index in [9.17, 15) is 10.1 Å². The van der Waals surface area contributed by atoms with Gasteiger partial charge < -0.3 is 5.32 Å². The second kappa shape index (κ2) is 6.18. The SMILES string of the molecule is CCC(CC)C(C)Nc1cc([N+](=O)[O-])ccn1. The molecule has 0 spiro atoms. The van der Waals surface area contributed by atoms with Crippen LogP contribution >= 0.6 is 0 Å². The molecule has 1 aromatic heterocycles. The van der Waals surface area contributed by atoms with Crippen LogP contribution in [0.25, 0.3) is 0 Å². The van der Waals surface area contributed by atoms with Crippen molar-refractivity contribution in [1.82, 2.24) is 4.98 Å². The van der Waals surface area contributed by atoms with E-state index in [1.807, 2.05) is 0 Å². The van der Waals surface area contributed by atoms with Gasteiger partial charge in [0.1, 0.15) is 5.82 Å². The Kier molecular flexibility index (Phi) is 4.87. The Morgan fingerprint density at radius 1 is 1.47 bits per heavy atom. The quantitative estimate of drug-likeness (QED) is 0.609. The monoisotopic (exact) mass is 237 g/mol. The van der Waals surface area contributed by atoms with Gasteiger partial charge in [0.05, 0.1) is 11.0 Å². The molecule has 1 N–H and O–H groups in total. The number of hydrogen-bond donors (Lipinski definition) is 1. The third kappa shape index (κ3) is 3.69. The molecule has 94 valence electrons. The minimum Gasteiger partial charge on any atom is -0.367 e. The number of rotatable bonds is 6. The summed E-state index contributed by atoms with van der Waals surface area (Å²) in [4.78, 5) is 14.3. The molecule has 1 atom stereocenters. The lowest BCUT2D eigenvalue weighted by molar-refractivity contribution is -0.384. The normalized spacial score (nSPS) is 12.5. The standard InChI is InChI=1S/C12H19N3O2/c1-4-10(5-2)9(3)14-12-8-11(15(16)17)6-7-13-12/h6-10H,4-5H2,1-3H3,(H,13,14). The van der Waals surface area contributed by atoms with Gasteiger partial charge >= 0.3 is 0 Å². The zero-order chi connectivity index (χ0) is 12.8. The van der Waals surface area contributed by atoms with Gasteiger partial charge in [-0.25, -0.2) is 4.98 Å². The van der Waals surface area contributed by atoms with Crippen molar-refractivity contribution in [1.29, 1.82) is 0 Å². The van der Waals surface area contributed by atoms with Crippen LogP contribution in [0.15, 0.2) is 18.3 Å². The lowest BCUT2D eigenvalue weighted by atomic mass is 9.95. The van der Waals surface area contributed by atoms with Crippen molar-refractivity contribution in [2.45, 2.75) is 39.7 Å². The van der Waals surface area contributed by atoms with E-state index in [2.05, 4.69) is 31.1 Å². The van der Waals surface area contributed by atoms with Crippen LogP contribution in [0.4, 0.5) is 11.5 Å². The maximum absolute atomic E-state index is 10.6. The predicted molar refractivity (Wildman–Crippen MR) is 68.0 cm³/mol. The van der Waals surface area contributed by atoms with Crippen molar-refractivity contribution in [3.05, 3.63) is 28.4 Å². The first kappa shape index (κ1) is 13.4. The smallest absolute Gasteiger partial charge is 0.274 e. The Bertz CT molecular complexity index is 378. The van der Waals surface area contributed by atoms with Crippen molar-refractivity contribution in [2.75, 3.05) is 5.32 Å². The molecule has 1 unspecified atom stereocenters. The summed E-state index contributed by atoms with van der Waals surface area (Å²) in [6.07, 6.45) is 3.62. The average Bonchev–Trinajstić information content (AvgIpc) is 2.30. The number of nitrogens with zero attached hydrogens (tertiary/aromatic N) is 2. The van der Waals surface area contributed by atoms with Gasteiger partial charge in [-0.05, 0) is 12.8 Å². The second-order valence-electron chi connectivity index (χ2n) is 4.17. The highest BCUT2D eigenvalue weighted by Gasteiger charge is 2.14. The van der Waals surface area contributed by atoms with Crippen LogP contribution < -0.4 is 5.32 Å². The van der Waals surface area contributed by atoms with Crippen LogP contribution in [0, 0.1) is 16.0 Å².